The molecule has 0 atom stereocenters. The summed E-state index contributed by atoms with van der Waals surface area (Å²) in [5.41, 5.74) is 4.26. The topological polar surface area (TPSA) is 0 Å². The first-order valence-electron chi connectivity index (χ1n) is 3.64. The average molecular weight is 298 g/mol. The van der Waals surface area contributed by atoms with E-state index >= 15 is 0 Å². The molecule has 0 N–H and O–H groups in total. The van der Waals surface area contributed by atoms with Gasteiger partial charge >= 0.3 is 0 Å². The van der Waals surface area contributed by atoms with Gasteiger partial charge in [0.05, 0.1) is 0 Å². The van der Waals surface area contributed by atoms with Crippen LogP contribution >= 0.6 is 31.9 Å². The Hall–Kier alpha value is 0.657. The normalized spacial score (nSPS) is 11.1. The van der Waals surface area contributed by atoms with Gasteiger partial charge in [0.25, 0.3) is 0 Å². The molecule has 0 amide bonds. The third kappa shape index (κ3) is 3.72. The summed E-state index contributed by atoms with van der Waals surface area (Å²) in [6.45, 7) is 7.78. The number of hydrogen-bond donors (Lipinski definition) is 0. The number of halogens is 2. The molecule has 0 nitrogen and oxygen atoms in total. The second-order valence-electron chi connectivity index (χ2n) is 2.52. The van der Waals surface area contributed by atoms with Crippen LogP contribution in [0.15, 0.2) is 24.6 Å². The fourth-order valence-corrected chi connectivity index (χ4v) is 7.33. The third-order valence-electron chi connectivity index (χ3n) is 1.93. The highest BCUT2D eigenvalue weighted by Crippen LogP contribution is 2.20. The highest BCUT2D eigenvalue weighted by atomic mass is 79.9. The highest BCUT2D eigenvalue weighted by molar-refractivity contribution is 9.09. The Kier molecular flexibility index (Phi) is 6.57. The molecule has 0 aromatic heterocycles. The minimum Gasteiger partial charge on any atom is -0.107 e. The van der Waals surface area contributed by atoms with Crippen molar-refractivity contribution >= 4 is 39.9 Å². The van der Waals surface area contributed by atoms with Crippen LogP contribution in [0.1, 0.15) is 0 Å². The van der Waals surface area contributed by atoms with E-state index in [-0.39, 0.29) is 0 Å². The molecule has 11 heavy (non-hydrogen) atoms. The summed E-state index contributed by atoms with van der Waals surface area (Å²) >= 11 is 6.92. The van der Waals surface area contributed by atoms with E-state index in [1.165, 1.54) is 12.1 Å². The molecule has 0 aromatic carbocycles. The van der Waals surface area contributed by atoms with E-state index in [0.29, 0.717) is 0 Å². The van der Waals surface area contributed by atoms with Crippen molar-refractivity contribution in [3.63, 3.8) is 0 Å². The molecule has 0 aliphatic carbocycles. The van der Waals surface area contributed by atoms with Crippen LogP contribution in [-0.4, -0.2) is 18.7 Å². The van der Waals surface area contributed by atoms with E-state index < -0.39 is 8.07 Å². The zero-order valence-corrected chi connectivity index (χ0v) is 10.8. The van der Waals surface area contributed by atoms with Gasteiger partial charge < -0.3 is 0 Å². The summed E-state index contributed by atoms with van der Waals surface area (Å²) in [5, 5.41) is 2.12. The lowest BCUT2D eigenvalue weighted by Crippen LogP contribution is -2.30. The Labute approximate surface area is 87.0 Å². The summed E-state index contributed by atoms with van der Waals surface area (Å²) in [4.78, 5) is 0. The number of hydrogen-bond acceptors (Lipinski definition) is 0. The van der Waals surface area contributed by atoms with Gasteiger partial charge in [-0.2, -0.15) is 0 Å². The van der Waals surface area contributed by atoms with Crippen molar-refractivity contribution in [2.24, 2.45) is 0 Å². The molecule has 0 heterocycles. The molecule has 64 valence electrons. The van der Waals surface area contributed by atoms with Gasteiger partial charge in [-0.1, -0.05) is 43.3 Å². The van der Waals surface area contributed by atoms with Crippen molar-refractivity contribution in [2.45, 2.75) is 12.1 Å². The van der Waals surface area contributed by atoms with E-state index in [4.69, 9.17) is 0 Å². The molecule has 0 aliphatic rings. The molecule has 0 radical (unpaired) electrons. The van der Waals surface area contributed by atoms with Crippen LogP contribution in [0.25, 0.3) is 0 Å². The van der Waals surface area contributed by atoms with Crippen LogP contribution in [0.3, 0.4) is 0 Å². The minimum absolute atomic E-state index is 1.06. The SMILES string of the molecule is C=C[Si](C=C)(CCBr)CCBr. The maximum absolute atomic E-state index is 3.89. The molecular formula is C8H14Br2Si. The monoisotopic (exact) mass is 296 g/mol. The van der Waals surface area contributed by atoms with E-state index in [1.807, 2.05) is 0 Å². The lowest BCUT2D eigenvalue weighted by Gasteiger charge is -2.21. The molecular weight excluding hydrogens is 284 g/mol. The molecule has 3 heteroatoms. The van der Waals surface area contributed by atoms with Crippen LogP contribution < -0.4 is 0 Å². The predicted octanol–water partition coefficient (Wildman–Crippen LogP) is 3.68. The van der Waals surface area contributed by atoms with Crippen LogP contribution in [-0.2, 0) is 0 Å². The van der Waals surface area contributed by atoms with Crippen molar-refractivity contribution in [1.29, 1.82) is 0 Å². The summed E-state index contributed by atoms with van der Waals surface area (Å²) in [5.74, 6) is 0. The van der Waals surface area contributed by atoms with Gasteiger partial charge in [0.15, 0.2) is 0 Å². The maximum atomic E-state index is 3.89. The molecule has 0 bridgehead atoms. The van der Waals surface area contributed by atoms with E-state index in [1.54, 1.807) is 0 Å². The predicted molar refractivity (Wildman–Crippen MR) is 63.4 cm³/mol. The highest BCUT2D eigenvalue weighted by Gasteiger charge is 2.23. The van der Waals surface area contributed by atoms with Crippen molar-refractivity contribution < 1.29 is 0 Å². The van der Waals surface area contributed by atoms with Crippen molar-refractivity contribution in [3.8, 4) is 0 Å². The fraction of sp³-hybridized carbons (Fsp3) is 0.500. The maximum Gasteiger partial charge on any atom is 0.102 e. The van der Waals surface area contributed by atoms with Gasteiger partial charge in [-0.25, -0.2) is 0 Å². The average Bonchev–Trinajstić information content (AvgIpc) is 2.04. The minimum atomic E-state index is -1.31. The molecule has 0 aromatic rings. The van der Waals surface area contributed by atoms with Gasteiger partial charge in [0, 0.05) is 10.7 Å². The van der Waals surface area contributed by atoms with Gasteiger partial charge in [0.1, 0.15) is 8.07 Å². The largest absolute Gasteiger partial charge is 0.107 e. The van der Waals surface area contributed by atoms with Crippen LogP contribution in [0, 0.1) is 0 Å². The lowest BCUT2D eigenvalue weighted by atomic mass is 10.9. The Bertz CT molecular complexity index is 118. The van der Waals surface area contributed by atoms with Crippen molar-refractivity contribution in [2.75, 3.05) is 10.7 Å². The van der Waals surface area contributed by atoms with Crippen LogP contribution in [0.5, 0.6) is 0 Å². The second kappa shape index (κ2) is 6.20. The van der Waals surface area contributed by atoms with Gasteiger partial charge in [0.2, 0.25) is 0 Å². The van der Waals surface area contributed by atoms with Gasteiger partial charge in [-0.3, -0.25) is 0 Å². The van der Waals surface area contributed by atoms with Crippen molar-refractivity contribution in [1.82, 2.24) is 0 Å². The molecule has 0 aliphatic heterocycles. The van der Waals surface area contributed by atoms with Crippen molar-refractivity contribution in [3.05, 3.63) is 24.6 Å². The van der Waals surface area contributed by atoms with E-state index in [0.717, 1.165) is 10.7 Å². The third-order valence-corrected chi connectivity index (χ3v) is 8.18. The lowest BCUT2D eigenvalue weighted by molar-refractivity contribution is 1.33. The quantitative estimate of drug-likeness (QED) is 0.518. The first-order chi connectivity index (χ1) is 5.24. The zero-order chi connectivity index (χ0) is 8.74. The number of rotatable bonds is 6. The van der Waals surface area contributed by atoms with E-state index in [9.17, 15) is 0 Å². The summed E-state index contributed by atoms with van der Waals surface area (Å²) < 4.78 is 0. The number of alkyl halides is 2. The fourth-order valence-electron chi connectivity index (χ4n) is 0.968. The molecule has 0 unspecified atom stereocenters. The Morgan fingerprint density at radius 2 is 1.36 bits per heavy atom. The molecule has 0 saturated carbocycles. The second-order valence-corrected chi connectivity index (χ2v) is 8.39. The first-order valence-corrected chi connectivity index (χ1v) is 8.45. The summed E-state index contributed by atoms with van der Waals surface area (Å²) in [6, 6.07) is 2.43. The zero-order valence-electron chi connectivity index (χ0n) is 6.65. The summed E-state index contributed by atoms with van der Waals surface area (Å²) in [6.07, 6.45) is 0. The first kappa shape index (κ1) is 11.7. The molecule has 0 spiro atoms. The summed E-state index contributed by atoms with van der Waals surface area (Å²) in [7, 11) is -1.31. The molecule has 0 saturated heterocycles. The molecule has 0 fully saturated rings. The van der Waals surface area contributed by atoms with Crippen LogP contribution in [0.4, 0.5) is 0 Å². The molecule has 0 rings (SSSR count). The van der Waals surface area contributed by atoms with Gasteiger partial charge in [-0.15, -0.1) is 13.2 Å². The Balaban J connectivity index is 4.18. The standard InChI is InChI=1S/C8H14Br2Si/c1-3-11(4-2,7-5-9)8-6-10/h3-4H,1-2,5-8H2. The smallest absolute Gasteiger partial charge is 0.102 e. The van der Waals surface area contributed by atoms with E-state index in [2.05, 4.69) is 56.4 Å². The Morgan fingerprint density at radius 3 is 1.55 bits per heavy atom. The Morgan fingerprint density at radius 1 is 1.00 bits per heavy atom. The van der Waals surface area contributed by atoms with Crippen LogP contribution in [0.2, 0.25) is 12.1 Å². The van der Waals surface area contributed by atoms with Gasteiger partial charge in [-0.05, 0) is 12.1 Å².